The van der Waals surface area contributed by atoms with Crippen LogP contribution in [0, 0.1) is 0 Å². The molecule has 10 aromatic rings. The molecule has 0 heterocycles. The van der Waals surface area contributed by atoms with Crippen molar-refractivity contribution in [2.45, 2.75) is 0 Å². The summed E-state index contributed by atoms with van der Waals surface area (Å²) in [5.41, 5.74) is 6.32. The van der Waals surface area contributed by atoms with Gasteiger partial charge in [0.05, 0.1) is 15.3 Å². The van der Waals surface area contributed by atoms with Crippen molar-refractivity contribution in [2.75, 3.05) is 4.90 Å². The molecule has 0 unspecified atom stereocenters. The number of fused-ring (bicyclic) bond motifs is 2. The Morgan fingerprint density at radius 1 is 0.316 bits per heavy atom. The maximum absolute atomic E-state index is 9.94. The number of hydrogen-bond acceptors (Lipinski definition) is 1. The van der Waals surface area contributed by atoms with Crippen LogP contribution in [-0.2, 0) is 0 Å². The molecule has 268 valence electrons. The van der Waals surface area contributed by atoms with Crippen LogP contribution in [0.5, 0.6) is 0 Å². The molecular formula is C56H39N. The minimum Gasteiger partial charge on any atom is -0.310 e. The minimum atomic E-state index is -0.331. The molecule has 0 fully saturated rings. The Labute approximate surface area is 344 Å². The van der Waals surface area contributed by atoms with Gasteiger partial charge in [-0.1, -0.05) is 194 Å². The molecule has 57 heavy (non-hydrogen) atoms. The van der Waals surface area contributed by atoms with Crippen LogP contribution in [0.2, 0.25) is 0 Å². The summed E-state index contributed by atoms with van der Waals surface area (Å²) in [7, 11) is 0. The van der Waals surface area contributed by atoms with Crippen LogP contribution < -0.4 is 4.90 Å². The lowest BCUT2D eigenvalue weighted by Gasteiger charge is -2.29. The van der Waals surface area contributed by atoms with E-state index in [4.69, 9.17) is 0 Å². The van der Waals surface area contributed by atoms with Gasteiger partial charge in [-0.25, -0.2) is 0 Å². The summed E-state index contributed by atoms with van der Waals surface area (Å²) in [5.74, 6) is 0. The third-order valence-corrected chi connectivity index (χ3v) is 10.4. The SMILES string of the molecule is [2H]c1c([2H])c(N(c2cccc(-c3ccc4ccccc4c3)c2)c2c([2H])c([2H])c(-c3ccc4ccccc4c3-c3ccccc3)c([2H])c2[2H])c(-c2ccccc2)c([2H])c1-c1ccccc1. The van der Waals surface area contributed by atoms with E-state index in [0.29, 0.717) is 27.9 Å². The van der Waals surface area contributed by atoms with E-state index >= 15 is 0 Å². The molecule has 0 atom stereocenters. The quantitative estimate of drug-likeness (QED) is 0.150. The molecule has 0 radical (unpaired) electrons. The Morgan fingerprint density at radius 2 is 0.895 bits per heavy atom. The van der Waals surface area contributed by atoms with E-state index in [9.17, 15) is 9.60 Å². The van der Waals surface area contributed by atoms with E-state index < -0.39 is 0 Å². The van der Waals surface area contributed by atoms with Crippen LogP contribution in [0.3, 0.4) is 0 Å². The van der Waals surface area contributed by atoms with Gasteiger partial charge in [0.2, 0.25) is 0 Å². The highest BCUT2D eigenvalue weighted by atomic mass is 15.1. The molecule has 0 N–H and O–H groups in total. The van der Waals surface area contributed by atoms with Crippen LogP contribution in [0.4, 0.5) is 17.1 Å². The lowest BCUT2D eigenvalue weighted by atomic mass is 9.89. The molecular weight excluding hydrogens is 687 g/mol. The van der Waals surface area contributed by atoms with Gasteiger partial charge < -0.3 is 4.90 Å². The molecule has 0 aromatic heterocycles. The van der Waals surface area contributed by atoms with Gasteiger partial charge in [-0.05, 0) is 114 Å². The molecule has 0 aliphatic carbocycles. The van der Waals surface area contributed by atoms with Gasteiger partial charge in [0.15, 0.2) is 0 Å². The molecule has 0 saturated carbocycles. The van der Waals surface area contributed by atoms with Crippen molar-refractivity contribution in [3.63, 3.8) is 0 Å². The van der Waals surface area contributed by atoms with Gasteiger partial charge in [-0.3, -0.25) is 0 Å². The van der Waals surface area contributed by atoms with Crippen molar-refractivity contribution in [3.05, 3.63) is 236 Å². The van der Waals surface area contributed by atoms with Crippen molar-refractivity contribution in [2.24, 2.45) is 0 Å². The largest absolute Gasteiger partial charge is 0.310 e. The zero-order chi connectivity index (χ0) is 44.1. The fourth-order valence-corrected chi connectivity index (χ4v) is 7.64. The van der Waals surface area contributed by atoms with Gasteiger partial charge in [0, 0.05) is 16.9 Å². The first-order chi connectivity index (χ1) is 31.2. The van der Waals surface area contributed by atoms with E-state index in [1.807, 2.05) is 170 Å². The number of rotatable bonds is 8. The summed E-state index contributed by atoms with van der Waals surface area (Å²) in [6.07, 6.45) is 0. The molecule has 0 aliphatic heterocycles. The number of benzene rings is 10. The van der Waals surface area contributed by atoms with Crippen LogP contribution in [0.1, 0.15) is 9.60 Å². The summed E-state index contributed by atoms with van der Waals surface area (Å²) in [6.45, 7) is 0. The summed E-state index contributed by atoms with van der Waals surface area (Å²) < 4.78 is 68.9. The first-order valence-electron chi connectivity index (χ1n) is 22.5. The first kappa shape index (κ1) is 27.2. The van der Waals surface area contributed by atoms with Gasteiger partial charge in [0.1, 0.15) is 0 Å². The zero-order valence-electron chi connectivity index (χ0n) is 37.9. The predicted molar refractivity (Wildman–Crippen MR) is 243 cm³/mol. The fraction of sp³-hybridized carbons (Fsp3) is 0. The van der Waals surface area contributed by atoms with Crippen molar-refractivity contribution in [3.8, 4) is 55.6 Å². The average Bonchev–Trinajstić information content (AvgIpc) is 3.34. The Hall–Kier alpha value is -7.48. The molecule has 0 saturated heterocycles. The molecule has 0 spiro atoms. The van der Waals surface area contributed by atoms with E-state index in [2.05, 4.69) is 24.3 Å². The lowest BCUT2D eigenvalue weighted by Crippen LogP contribution is -2.11. The van der Waals surface area contributed by atoms with E-state index in [0.717, 1.165) is 43.8 Å². The van der Waals surface area contributed by atoms with Gasteiger partial charge >= 0.3 is 0 Å². The van der Waals surface area contributed by atoms with E-state index in [1.54, 1.807) is 4.90 Å². The minimum absolute atomic E-state index is 0.000347. The number of nitrogens with zero attached hydrogens (tertiary/aromatic N) is 1. The summed E-state index contributed by atoms with van der Waals surface area (Å²) in [4.78, 5) is 1.57. The second-order valence-corrected chi connectivity index (χ2v) is 14.0. The Bertz CT molecular complexity index is 3380. The van der Waals surface area contributed by atoms with E-state index in [1.165, 1.54) is 0 Å². The summed E-state index contributed by atoms with van der Waals surface area (Å²) >= 11 is 0. The standard InChI is InChI=1S/C56H39N/c1-4-15-40(16-5-1)49-32-36-55(54(39-49)42-18-6-2-7-19-42)57(51-25-14-24-47(38-51)48-28-27-41-17-10-11-23-46(41)37-48)50-33-29-44(30-34-50)53-35-31-43-20-12-13-26-52(43)56(53)45-21-8-3-9-22-45/h1-39H/i29D,30D,32D,33D,34D,36D,39D. The van der Waals surface area contributed by atoms with Crippen molar-refractivity contribution in [1.29, 1.82) is 0 Å². The monoisotopic (exact) mass is 732 g/mol. The highest BCUT2D eigenvalue weighted by molar-refractivity contribution is 6.04. The van der Waals surface area contributed by atoms with Gasteiger partial charge in [-0.2, -0.15) is 0 Å². The maximum atomic E-state index is 9.94. The molecule has 0 amide bonds. The van der Waals surface area contributed by atoms with E-state index in [-0.39, 0.29) is 64.8 Å². The Kier molecular flexibility index (Phi) is 7.14. The topological polar surface area (TPSA) is 3.24 Å². The first-order valence-corrected chi connectivity index (χ1v) is 19.0. The zero-order valence-corrected chi connectivity index (χ0v) is 30.9. The van der Waals surface area contributed by atoms with Crippen molar-refractivity contribution < 1.29 is 9.60 Å². The predicted octanol–water partition coefficient (Wildman–Crippen LogP) is 15.8. The highest BCUT2D eigenvalue weighted by Crippen LogP contribution is 2.45. The number of anilines is 3. The van der Waals surface area contributed by atoms with Crippen LogP contribution in [0.25, 0.3) is 77.2 Å². The molecule has 0 aliphatic rings. The molecule has 1 nitrogen and oxygen atoms in total. The fourth-order valence-electron chi connectivity index (χ4n) is 7.64. The van der Waals surface area contributed by atoms with Crippen molar-refractivity contribution >= 4 is 38.6 Å². The Balaban J connectivity index is 1.29. The molecule has 10 aromatic carbocycles. The van der Waals surface area contributed by atoms with Gasteiger partial charge in [0.25, 0.3) is 0 Å². The summed E-state index contributed by atoms with van der Waals surface area (Å²) in [6, 6.07) is 60.2. The van der Waals surface area contributed by atoms with Gasteiger partial charge in [-0.15, -0.1) is 0 Å². The van der Waals surface area contributed by atoms with Crippen LogP contribution in [-0.4, -0.2) is 0 Å². The molecule has 10 rings (SSSR count). The second-order valence-electron chi connectivity index (χ2n) is 14.0. The third kappa shape index (κ3) is 6.66. The smallest absolute Gasteiger partial charge is 0.0645 e. The number of hydrogen-bond donors (Lipinski definition) is 0. The lowest BCUT2D eigenvalue weighted by molar-refractivity contribution is 1.28. The van der Waals surface area contributed by atoms with Crippen molar-refractivity contribution in [1.82, 2.24) is 0 Å². The molecule has 1 heteroatoms. The Morgan fingerprint density at radius 3 is 1.65 bits per heavy atom. The van der Waals surface area contributed by atoms with Crippen LogP contribution >= 0.6 is 0 Å². The maximum Gasteiger partial charge on any atom is 0.0645 e. The van der Waals surface area contributed by atoms with Crippen LogP contribution in [0.15, 0.2) is 236 Å². The normalized spacial score (nSPS) is 12.9. The molecule has 0 bridgehead atoms. The third-order valence-electron chi connectivity index (χ3n) is 10.4. The highest BCUT2D eigenvalue weighted by Gasteiger charge is 2.20. The average molecular weight is 733 g/mol. The second kappa shape index (κ2) is 15.0. The summed E-state index contributed by atoms with van der Waals surface area (Å²) in [5, 5.41) is 4.03.